The molecule has 0 amide bonds. The van der Waals surface area contributed by atoms with E-state index in [0.717, 1.165) is 25.3 Å². The van der Waals surface area contributed by atoms with Crippen molar-refractivity contribution in [3.8, 4) is 0 Å². The normalized spacial score (nSPS) is 23.1. The molecule has 0 radical (unpaired) electrons. The maximum Gasteiger partial charge on any atom is 0.131 e. The fraction of sp³-hybridized carbons (Fsp3) is 0.500. The van der Waals surface area contributed by atoms with Gasteiger partial charge in [0, 0.05) is 19.3 Å². The zero-order valence-electron chi connectivity index (χ0n) is 6.65. The lowest BCUT2D eigenvalue weighted by Crippen LogP contribution is -2.20. The number of hydrogen-bond acceptors (Lipinski definition) is 3. The number of hydrogen-bond donors (Lipinski definition) is 0. The summed E-state index contributed by atoms with van der Waals surface area (Å²) in [4.78, 5) is 10.2. The summed E-state index contributed by atoms with van der Waals surface area (Å²) >= 11 is 5.97. The SMILES string of the molecule is ClC1CCN(c2ccncn2)C1. The fourth-order valence-corrected chi connectivity index (χ4v) is 1.66. The molecule has 1 aromatic heterocycles. The lowest BCUT2D eigenvalue weighted by Gasteiger charge is -2.15. The molecule has 1 aliphatic rings. The number of alkyl halides is 1. The molecule has 1 fully saturated rings. The average molecular weight is 184 g/mol. The van der Waals surface area contributed by atoms with Crippen molar-refractivity contribution in [2.24, 2.45) is 0 Å². The highest BCUT2D eigenvalue weighted by atomic mass is 35.5. The molecule has 0 N–H and O–H groups in total. The fourth-order valence-electron chi connectivity index (χ4n) is 1.40. The van der Waals surface area contributed by atoms with Gasteiger partial charge in [0.25, 0.3) is 0 Å². The van der Waals surface area contributed by atoms with Crippen LogP contribution in [0.3, 0.4) is 0 Å². The quantitative estimate of drug-likeness (QED) is 0.615. The van der Waals surface area contributed by atoms with Crippen molar-refractivity contribution in [1.29, 1.82) is 0 Å². The lowest BCUT2D eigenvalue weighted by atomic mass is 10.4. The van der Waals surface area contributed by atoms with Gasteiger partial charge in [0.15, 0.2) is 0 Å². The Morgan fingerprint density at radius 1 is 1.58 bits per heavy atom. The Bertz CT molecular complexity index is 252. The van der Waals surface area contributed by atoms with E-state index in [1.54, 1.807) is 12.5 Å². The third-order valence-corrected chi connectivity index (χ3v) is 2.38. The lowest BCUT2D eigenvalue weighted by molar-refractivity contribution is 0.928. The van der Waals surface area contributed by atoms with Gasteiger partial charge < -0.3 is 4.90 Å². The van der Waals surface area contributed by atoms with Crippen molar-refractivity contribution in [2.75, 3.05) is 18.0 Å². The van der Waals surface area contributed by atoms with Gasteiger partial charge in [-0.2, -0.15) is 0 Å². The molecule has 0 bridgehead atoms. The molecule has 2 rings (SSSR count). The van der Waals surface area contributed by atoms with E-state index >= 15 is 0 Å². The minimum Gasteiger partial charge on any atom is -0.355 e. The maximum atomic E-state index is 5.97. The molecule has 12 heavy (non-hydrogen) atoms. The summed E-state index contributed by atoms with van der Waals surface area (Å²) in [6.07, 6.45) is 4.37. The van der Waals surface area contributed by atoms with Crippen molar-refractivity contribution in [3.05, 3.63) is 18.6 Å². The second-order valence-corrected chi connectivity index (χ2v) is 3.52. The van der Waals surface area contributed by atoms with Crippen LogP contribution in [-0.2, 0) is 0 Å². The van der Waals surface area contributed by atoms with Crippen LogP contribution in [0, 0.1) is 0 Å². The van der Waals surface area contributed by atoms with Crippen LogP contribution in [0.4, 0.5) is 5.82 Å². The Labute approximate surface area is 76.4 Å². The zero-order valence-corrected chi connectivity index (χ0v) is 7.41. The van der Waals surface area contributed by atoms with Crippen molar-refractivity contribution in [1.82, 2.24) is 9.97 Å². The predicted octanol–water partition coefficient (Wildman–Crippen LogP) is 1.29. The smallest absolute Gasteiger partial charge is 0.131 e. The number of halogens is 1. The topological polar surface area (TPSA) is 29.0 Å². The van der Waals surface area contributed by atoms with E-state index < -0.39 is 0 Å². The minimum absolute atomic E-state index is 0.278. The van der Waals surface area contributed by atoms with E-state index in [9.17, 15) is 0 Å². The first-order valence-electron chi connectivity index (χ1n) is 4.01. The molecule has 4 heteroatoms. The van der Waals surface area contributed by atoms with E-state index in [1.165, 1.54) is 0 Å². The molecular formula is C8H10ClN3. The number of nitrogens with zero attached hydrogens (tertiary/aromatic N) is 3. The molecule has 0 aliphatic carbocycles. The summed E-state index contributed by atoms with van der Waals surface area (Å²) in [7, 11) is 0. The van der Waals surface area contributed by atoms with Gasteiger partial charge >= 0.3 is 0 Å². The molecule has 1 saturated heterocycles. The van der Waals surface area contributed by atoms with E-state index in [2.05, 4.69) is 14.9 Å². The second-order valence-electron chi connectivity index (χ2n) is 2.90. The molecule has 2 heterocycles. The molecule has 0 aromatic carbocycles. The Morgan fingerprint density at radius 3 is 3.08 bits per heavy atom. The molecule has 3 nitrogen and oxygen atoms in total. The Kier molecular flexibility index (Phi) is 2.13. The summed E-state index contributed by atoms with van der Waals surface area (Å²) in [5, 5.41) is 0.278. The van der Waals surface area contributed by atoms with E-state index in [0.29, 0.717) is 0 Å². The molecule has 1 aromatic rings. The first-order valence-corrected chi connectivity index (χ1v) is 4.45. The summed E-state index contributed by atoms with van der Waals surface area (Å²) in [6, 6.07) is 1.91. The highest BCUT2D eigenvalue weighted by Crippen LogP contribution is 2.19. The number of anilines is 1. The zero-order chi connectivity index (χ0) is 8.39. The third kappa shape index (κ3) is 1.50. The van der Waals surface area contributed by atoms with Crippen LogP contribution in [0.15, 0.2) is 18.6 Å². The van der Waals surface area contributed by atoms with Gasteiger partial charge in [-0.1, -0.05) is 0 Å². The third-order valence-electron chi connectivity index (χ3n) is 2.02. The van der Waals surface area contributed by atoms with Crippen molar-refractivity contribution >= 4 is 17.4 Å². The average Bonchev–Trinajstić information content (AvgIpc) is 2.54. The van der Waals surface area contributed by atoms with Crippen LogP contribution in [-0.4, -0.2) is 28.4 Å². The highest BCUT2D eigenvalue weighted by Gasteiger charge is 2.20. The van der Waals surface area contributed by atoms with Crippen LogP contribution < -0.4 is 4.90 Å². The van der Waals surface area contributed by atoms with Gasteiger partial charge in [-0.25, -0.2) is 9.97 Å². The summed E-state index contributed by atoms with van der Waals surface area (Å²) in [5.41, 5.74) is 0. The monoisotopic (exact) mass is 183 g/mol. The Morgan fingerprint density at radius 2 is 2.50 bits per heavy atom. The van der Waals surface area contributed by atoms with Gasteiger partial charge in [0.05, 0.1) is 5.38 Å². The molecule has 64 valence electrons. The molecule has 1 unspecified atom stereocenters. The van der Waals surface area contributed by atoms with Crippen LogP contribution in [0.25, 0.3) is 0 Å². The summed E-state index contributed by atoms with van der Waals surface area (Å²) < 4.78 is 0. The molecule has 0 spiro atoms. The van der Waals surface area contributed by atoms with Crippen molar-refractivity contribution in [3.63, 3.8) is 0 Å². The van der Waals surface area contributed by atoms with Crippen LogP contribution >= 0.6 is 11.6 Å². The second kappa shape index (κ2) is 3.27. The van der Waals surface area contributed by atoms with Gasteiger partial charge in [0.1, 0.15) is 12.1 Å². The Hall–Kier alpha value is -0.830. The molecular weight excluding hydrogens is 174 g/mol. The predicted molar refractivity (Wildman–Crippen MR) is 48.5 cm³/mol. The minimum atomic E-state index is 0.278. The van der Waals surface area contributed by atoms with Gasteiger partial charge in [0.2, 0.25) is 0 Å². The summed E-state index contributed by atoms with van der Waals surface area (Å²) in [5.74, 6) is 0.980. The van der Waals surface area contributed by atoms with Crippen LogP contribution in [0.5, 0.6) is 0 Å². The largest absolute Gasteiger partial charge is 0.355 e. The van der Waals surface area contributed by atoms with Crippen LogP contribution in [0.1, 0.15) is 6.42 Å². The van der Waals surface area contributed by atoms with Gasteiger partial charge in [-0.05, 0) is 12.5 Å². The van der Waals surface area contributed by atoms with E-state index in [-0.39, 0.29) is 5.38 Å². The number of rotatable bonds is 1. The molecule has 1 aliphatic heterocycles. The van der Waals surface area contributed by atoms with Gasteiger partial charge in [-0.15, -0.1) is 11.6 Å². The van der Waals surface area contributed by atoms with E-state index in [1.807, 2.05) is 6.07 Å². The molecule has 0 saturated carbocycles. The maximum absolute atomic E-state index is 5.97. The van der Waals surface area contributed by atoms with Crippen LogP contribution in [0.2, 0.25) is 0 Å². The first kappa shape index (κ1) is 7.80. The summed E-state index contributed by atoms with van der Waals surface area (Å²) in [6.45, 7) is 1.91. The standard InChI is InChI=1S/C8H10ClN3/c9-7-2-4-12(5-7)8-1-3-10-6-11-8/h1,3,6-7H,2,4-5H2. The Balaban J connectivity index is 2.11. The first-order chi connectivity index (χ1) is 5.86. The van der Waals surface area contributed by atoms with Crippen molar-refractivity contribution < 1.29 is 0 Å². The highest BCUT2D eigenvalue weighted by molar-refractivity contribution is 6.21. The van der Waals surface area contributed by atoms with Crippen molar-refractivity contribution in [2.45, 2.75) is 11.8 Å². The van der Waals surface area contributed by atoms with Gasteiger partial charge in [-0.3, -0.25) is 0 Å². The van der Waals surface area contributed by atoms with E-state index in [4.69, 9.17) is 11.6 Å². The molecule has 1 atom stereocenters. The number of aromatic nitrogens is 2.